The number of hydrogen-bond acceptors (Lipinski definition) is 3. The Bertz CT molecular complexity index is 810. The summed E-state index contributed by atoms with van der Waals surface area (Å²) >= 11 is 1.80. The van der Waals surface area contributed by atoms with Gasteiger partial charge in [-0.15, -0.1) is 11.3 Å². The molecular weight excluding hydrogens is 321 g/mol. The van der Waals surface area contributed by atoms with Crippen molar-refractivity contribution in [3.05, 3.63) is 70.4 Å². The number of aliphatic hydroxyl groups excluding tert-OH is 1. The highest BCUT2D eigenvalue weighted by atomic mass is 32.1. The standard InChI is InChI=1S/C20H22FNOS/c1-22(2)12-11-19-20(16-5-3-4-6-18(16)24-19)17(13-23)14-7-9-15(21)10-8-14/h3-10,17,23H,11-13H2,1-2H3. The van der Waals surface area contributed by atoms with Crippen LogP contribution < -0.4 is 0 Å². The lowest BCUT2D eigenvalue weighted by Gasteiger charge is -2.18. The van der Waals surface area contributed by atoms with E-state index in [0.717, 1.165) is 18.5 Å². The highest BCUT2D eigenvalue weighted by Crippen LogP contribution is 2.39. The van der Waals surface area contributed by atoms with Gasteiger partial charge < -0.3 is 10.0 Å². The van der Waals surface area contributed by atoms with Crippen LogP contribution in [0, 0.1) is 5.82 Å². The fourth-order valence-electron chi connectivity index (χ4n) is 3.07. The lowest BCUT2D eigenvalue weighted by molar-refractivity contribution is 0.280. The lowest BCUT2D eigenvalue weighted by Crippen LogP contribution is -2.16. The Hall–Kier alpha value is -1.75. The van der Waals surface area contributed by atoms with Gasteiger partial charge in [-0.2, -0.15) is 0 Å². The smallest absolute Gasteiger partial charge is 0.123 e. The van der Waals surface area contributed by atoms with E-state index in [2.05, 4.69) is 31.1 Å². The van der Waals surface area contributed by atoms with Gasteiger partial charge in [0.15, 0.2) is 0 Å². The third-order valence-corrected chi connectivity index (χ3v) is 5.55. The number of rotatable bonds is 6. The third kappa shape index (κ3) is 3.51. The van der Waals surface area contributed by atoms with Crippen molar-refractivity contribution in [3.63, 3.8) is 0 Å². The first kappa shape index (κ1) is 17.1. The predicted octanol–water partition coefficient (Wildman–Crippen LogP) is 4.27. The second-order valence-corrected chi connectivity index (χ2v) is 7.41. The second-order valence-electron chi connectivity index (χ2n) is 6.28. The van der Waals surface area contributed by atoms with Gasteiger partial charge in [0.05, 0.1) is 6.61 Å². The normalized spacial score (nSPS) is 12.9. The molecule has 0 fully saturated rings. The number of benzene rings is 2. The Kier molecular flexibility index (Phi) is 5.29. The molecule has 1 unspecified atom stereocenters. The Balaban J connectivity index is 2.10. The summed E-state index contributed by atoms with van der Waals surface area (Å²) in [5.41, 5.74) is 2.14. The van der Waals surface area contributed by atoms with Crippen molar-refractivity contribution in [2.45, 2.75) is 12.3 Å². The van der Waals surface area contributed by atoms with Crippen molar-refractivity contribution < 1.29 is 9.50 Å². The van der Waals surface area contributed by atoms with Crippen LogP contribution in [0.1, 0.15) is 21.9 Å². The maximum absolute atomic E-state index is 13.3. The van der Waals surface area contributed by atoms with Gasteiger partial charge in [0.2, 0.25) is 0 Å². The summed E-state index contributed by atoms with van der Waals surface area (Å²) in [4.78, 5) is 3.47. The van der Waals surface area contributed by atoms with E-state index < -0.39 is 0 Å². The van der Waals surface area contributed by atoms with E-state index in [1.807, 2.05) is 12.1 Å². The zero-order chi connectivity index (χ0) is 17.1. The summed E-state index contributed by atoms with van der Waals surface area (Å²) in [7, 11) is 4.13. The van der Waals surface area contributed by atoms with Crippen molar-refractivity contribution in [2.75, 3.05) is 27.2 Å². The van der Waals surface area contributed by atoms with Crippen molar-refractivity contribution in [2.24, 2.45) is 0 Å². The molecule has 0 aliphatic heterocycles. The molecule has 0 amide bonds. The fraction of sp³-hybridized carbons (Fsp3) is 0.300. The molecule has 0 saturated carbocycles. The minimum absolute atomic E-state index is 0.0152. The van der Waals surface area contributed by atoms with Gasteiger partial charge in [0.1, 0.15) is 5.82 Å². The van der Waals surface area contributed by atoms with Crippen LogP contribution in [0.25, 0.3) is 10.1 Å². The molecule has 1 aromatic heterocycles. The number of hydrogen-bond donors (Lipinski definition) is 1. The third-order valence-electron chi connectivity index (χ3n) is 4.30. The first-order chi connectivity index (χ1) is 11.6. The van der Waals surface area contributed by atoms with Crippen LogP contribution in [0.15, 0.2) is 48.5 Å². The average molecular weight is 343 g/mol. The number of thiophene rings is 1. The van der Waals surface area contributed by atoms with Crippen LogP contribution in [0.2, 0.25) is 0 Å². The van der Waals surface area contributed by atoms with Gasteiger partial charge in [0.25, 0.3) is 0 Å². The molecule has 24 heavy (non-hydrogen) atoms. The molecule has 4 heteroatoms. The minimum atomic E-state index is -0.251. The SMILES string of the molecule is CN(C)CCc1sc2ccccc2c1C(CO)c1ccc(F)cc1. The van der Waals surface area contributed by atoms with Crippen molar-refractivity contribution in [1.82, 2.24) is 4.90 Å². The van der Waals surface area contributed by atoms with E-state index in [1.54, 1.807) is 23.5 Å². The highest BCUT2D eigenvalue weighted by molar-refractivity contribution is 7.19. The number of likely N-dealkylation sites (N-methyl/N-ethyl adjacent to an activating group) is 1. The molecular formula is C20H22FNOS. The van der Waals surface area contributed by atoms with E-state index in [1.165, 1.54) is 32.7 Å². The molecule has 0 aliphatic rings. The van der Waals surface area contributed by atoms with Crippen LogP contribution in [-0.2, 0) is 6.42 Å². The lowest BCUT2D eigenvalue weighted by atomic mass is 9.89. The molecule has 0 saturated heterocycles. The van der Waals surface area contributed by atoms with Crippen LogP contribution in [0.3, 0.4) is 0 Å². The zero-order valence-electron chi connectivity index (χ0n) is 14.0. The van der Waals surface area contributed by atoms with Crippen molar-refractivity contribution in [3.8, 4) is 0 Å². The van der Waals surface area contributed by atoms with Crippen LogP contribution in [-0.4, -0.2) is 37.3 Å². The minimum Gasteiger partial charge on any atom is -0.395 e. The summed E-state index contributed by atoms with van der Waals surface area (Å²) in [6.07, 6.45) is 0.944. The Morgan fingerprint density at radius 1 is 1.08 bits per heavy atom. The monoisotopic (exact) mass is 343 g/mol. The fourth-order valence-corrected chi connectivity index (χ4v) is 4.32. The summed E-state index contributed by atoms with van der Waals surface area (Å²) in [5.74, 6) is -0.377. The first-order valence-electron chi connectivity index (χ1n) is 8.11. The molecule has 0 bridgehead atoms. The van der Waals surface area contributed by atoms with Crippen molar-refractivity contribution in [1.29, 1.82) is 0 Å². The topological polar surface area (TPSA) is 23.5 Å². The Morgan fingerprint density at radius 3 is 2.46 bits per heavy atom. The summed E-state index contributed by atoms with van der Waals surface area (Å²) < 4.78 is 14.5. The van der Waals surface area contributed by atoms with Crippen LogP contribution >= 0.6 is 11.3 Å². The maximum Gasteiger partial charge on any atom is 0.123 e. The highest BCUT2D eigenvalue weighted by Gasteiger charge is 2.22. The van der Waals surface area contributed by atoms with Gasteiger partial charge in [-0.1, -0.05) is 30.3 Å². The average Bonchev–Trinajstić information content (AvgIpc) is 2.94. The van der Waals surface area contributed by atoms with Gasteiger partial charge in [-0.25, -0.2) is 4.39 Å². The summed E-state index contributed by atoms with van der Waals surface area (Å²) in [6, 6.07) is 14.8. The summed E-state index contributed by atoms with van der Waals surface area (Å²) in [6.45, 7) is 0.975. The Labute approximate surface area is 146 Å². The number of nitrogens with zero attached hydrogens (tertiary/aromatic N) is 1. The summed E-state index contributed by atoms with van der Waals surface area (Å²) in [5, 5.41) is 11.3. The maximum atomic E-state index is 13.3. The number of halogens is 1. The van der Waals surface area contributed by atoms with E-state index in [4.69, 9.17) is 0 Å². The van der Waals surface area contributed by atoms with E-state index in [0.29, 0.717) is 0 Å². The van der Waals surface area contributed by atoms with Gasteiger partial charge in [0, 0.05) is 22.0 Å². The molecule has 0 aliphatic carbocycles. The van der Waals surface area contributed by atoms with E-state index in [9.17, 15) is 9.50 Å². The molecule has 3 rings (SSSR count). The number of aliphatic hydroxyl groups is 1. The predicted molar refractivity (Wildman–Crippen MR) is 99.4 cm³/mol. The van der Waals surface area contributed by atoms with Crippen LogP contribution in [0.4, 0.5) is 4.39 Å². The quantitative estimate of drug-likeness (QED) is 0.722. The molecule has 0 spiro atoms. The second kappa shape index (κ2) is 7.43. The number of fused-ring (bicyclic) bond motifs is 1. The van der Waals surface area contributed by atoms with Crippen LogP contribution in [0.5, 0.6) is 0 Å². The molecule has 3 aromatic rings. The molecule has 1 atom stereocenters. The molecule has 1 heterocycles. The van der Waals surface area contributed by atoms with E-state index in [-0.39, 0.29) is 18.3 Å². The van der Waals surface area contributed by atoms with Gasteiger partial charge in [-0.3, -0.25) is 0 Å². The van der Waals surface area contributed by atoms with Gasteiger partial charge >= 0.3 is 0 Å². The first-order valence-corrected chi connectivity index (χ1v) is 8.93. The molecule has 2 nitrogen and oxygen atoms in total. The zero-order valence-corrected chi connectivity index (χ0v) is 14.8. The molecule has 0 radical (unpaired) electrons. The molecule has 1 N–H and O–H groups in total. The Morgan fingerprint density at radius 2 is 1.79 bits per heavy atom. The molecule has 126 valence electrons. The van der Waals surface area contributed by atoms with Crippen molar-refractivity contribution >= 4 is 21.4 Å². The van der Waals surface area contributed by atoms with E-state index >= 15 is 0 Å². The molecule has 2 aromatic carbocycles. The largest absolute Gasteiger partial charge is 0.395 e. The van der Waals surface area contributed by atoms with Gasteiger partial charge in [-0.05, 0) is 55.2 Å².